The second kappa shape index (κ2) is 12.7. The molecule has 5 N–H and O–H groups in total. The summed E-state index contributed by atoms with van der Waals surface area (Å²) in [6.45, 7) is 0. The van der Waals surface area contributed by atoms with Crippen molar-refractivity contribution in [3.8, 4) is 11.8 Å². The number of unbranched alkanes of at least 4 members (excludes halogenated alkanes) is 3. The number of hydrogen-bond donors (Lipinski definition) is 5. The van der Waals surface area contributed by atoms with E-state index in [9.17, 15) is 24.5 Å². The maximum atomic E-state index is 13.6. The fourth-order valence-electron chi connectivity index (χ4n) is 4.20. The molecule has 0 aliphatic heterocycles. The highest BCUT2D eigenvalue weighted by Gasteiger charge is 2.40. The molecule has 1 aromatic carbocycles. The first-order valence-corrected chi connectivity index (χ1v) is 10.7. The Balaban J connectivity index is 1.77. The molecular formula is C23H32FNO5. The summed E-state index contributed by atoms with van der Waals surface area (Å²) in [4.78, 5) is 11.0. The molecule has 5 atom stereocenters. The third-order valence-corrected chi connectivity index (χ3v) is 5.86. The van der Waals surface area contributed by atoms with Crippen LogP contribution in [-0.2, 0) is 4.79 Å². The Morgan fingerprint density at radius 2 is 1.77 bits per heavy atom. The van der Waals surface area contributed by atoms with E-state index in [1.807, 2.05) is 0 Å². The summed E-state index contributed by atoms with van der Waals surface area (Å²) in [5, 5.41) is 39.2. The molecule has 1 fully saturated rings. The van der Waals surface area contributed by atoms with Gasteiger partial charge in [0.2, 0.25) is 5.91 Å². The van der Waals surface area contributed by atoms with E-state index in [-0.39, 0.29) is 29.7 Å². The van der Waals surface area contributed by atoms with E-state index in [4.69, 9.17) is 5.21 Å². The van der Waals surface area contributed by atoms with Gasteiger partial charge in [-0.3, -0.25) is 10.0 Å². The third kappa shape index (κ3) is 7.69. The van der Waals surface area contributed by atoms with Crippen LogP contribution < -0.4 is 5.48 Å². The van der Waals surface area contributed by atoms with Gasteiger partial charge in [-0.05, 0) is 56.1 Å². The average molecular weight is 422 g/mol. The van der Waals surface area contributed by atoms with Gasteiger partial charge < -0.3 is 15.3 Å². The maximum absolute atomic E-state index is 13.6. The summed E-state index contributed by atoms with van der Waals surface area (Å²) in [5.74, 6) is 4.35. The molecule has 2 rings (SSSR count). The Labute approximate surface area is 177 Å². The van der Waals surface area contributed by atoms with Gasteiger partial charge in [0.1, 0.15) is 11.9 Å². The molecule has 3 unspecified atom stereocenters. The summed E-state index contributed by atoms with van der Waals surface area (Å²) < 4.78 is 13.6. The second-order valence-electron chi connectivity index (χ2n) is 8.03. The van der Waals surface area contributed by atoms with E-state index < -0.39 is 24.1 Å². The maximum Gasteiger partial charge on any atom is 0.243 e. The number of halogens is 1. The van der Waals surface area contributed by atoms with Crippen molar-refractivity contribution in [3.05, 3.63) is 35.6 Å². The average Bonchev–Trinajstić information content (AvgIpc) is 3.00. The van der Waals surface area contributed by atoms with Crippen molar-refractivity contribution in [2.45, 2.75) is 76.1 Å². The summed E-state index contributed by atoms with van der Waals surface area (Å²) in [6.07, 6.45) is 3.51. The lowest BCUT2D eigenvalue weighted by molar-refractivity contribution is -0.129. The highest BCUT2D eigenvalue weighted by molar-refractivity contribution is 5.74. The van der Waals surface area contributed by atoms with Crippen molar-refractivity contribution in [3.63, 3.8) is 0 Å². The van der Waals surface area contributed by atoms with Gasteiger partial charge in [0.15, 0.2) is 0 Å². The molecule has 0 saturated heterocycles. The fraction of sp³-hybridized carbons (Fsp3) is 0.609. The summed E-state index contributed by atoms with van der Waals surface area (Å²) in [6, 6.07) is 6.13. The second-order valence-corrected chi connectivity index (χ2v) is 8.03. The molecule has 0 radical (unpaired) electrons. The predicted octanol–water partition coefficient (Wildman–Crippen LogP) is 2.52. The number of hydrogen-bond acceptors (Lipinski definition) is 5. The van der Waals surface area contributed by atoms with Gasteiger partial charge in [-0.15, -0.1) is 0 Å². The van der Waals surface area contributed by atoms with Gasteiger partial charge in [0.05, 0.1) is 17.8 Å². The van der Waals surface area contributed by atoms with Crippen molar-refractivity contribution in [1.29, 1.82) is 0 Å². The molecule has 1 aromatic rings. The van der Waals surface area contributed by atoms with Crippen molar-refractivity contribution < 1.29 is 29.7 Å². The fourth-order valence-corrected chi connectivity index (χ4v) is 4.20. The number of aliphatic hydroxyl groups is 3. The molecule has 0 aromatic heterocycles. The number of carbonyl (C=O) groups is 1. The zero-order valence-electron chi connectivity index (χ0n) is 17.1. The Bertz CT molecular complexity index is 732. The molecule has 1 amide bonds. The van der Waals surface area contributed by atoms with Crippen LogP contribution in [0.3, 0.4) is 0 Å². The Hall–Kier alpha value is -1.98. The van der Waals surface area contributed by atoms with Gasteiger partial charge >= 0.3 is 0 Å². The molecule has 166 valence electrons. The number of hydroxylamine groups is 1. The van der Waals surface area contributed by atoms with Gasteiger partial charge in [-0.2, -0.15) is 0 Å². The normalized spacial score (nSPS) is 24.2. The first-order chi connectivity index (χ1) is 14.4. The molecular weight excluding hydrogens is 389 g/mol. The minimum Gasteiger partial charge on any atom is -0.393 e. The Morgan fingerprint density at radius 3 is 2.47 bits per heavy atom. The van der Waals surface area contributed by atoms with Crippen LogP contribution in [0, 0.1) is 29.5 Å². The molecule has 0 heterocycles. The molecule has 6 nitrogen and oxygen atoms in total. The lowest BCUT2D eigenvalue weighted by Crippen LogP contribution is -2.23. The summed E-state index contributed by atoms with van der Waals surface area (Å²) >= 11 is 0. The van der Waals surface area contributed by atoms with Crippen LogP contribution >= 0.6 is 0 Å². The zero-order chi connectivity index (χ0) is 21.9. The van der Waals surface area contributed by atoms with Gasteiger partial charge in [0, 0.05) is 6.42 Å². The number of rotatable bonds is 10. The van der Waals surface area contributed by atoms with Crippen LogP contribution in [0.15, 0.2) is 24.3 Å². The first-order valence-electron chi connectivity index (χ1n) is 10.7. The molecule has 1 aliphatic carbocycles. The molecule has 1 aliphatic rings. The van der Waals surface area contributed by atoms with Gasteiger partial charge in [-0.1, -0.05) is 43.2 Å². The molecule has 7 heteroatoms. The van der Waals surface area contributed by atoms with E-state index in [2.05, 4.69) is 11.8 Å². The monoisotopic (exact) mass is 421 g/mol. The van der Waals surface area contributed by atoms with Crippen LogP contribution in [0.4, 0.5) is 4.39 Å². The number of amides is 1. The Kier molecular flexibility index (Phi) is 10.2. The largest absolute Gasteiger partial charge is 0.393 e. The Morgan fingerprint density at radius 1 is 1.10 bits per heavy atom. The van der Waals surface area contributed by atoms with E-state index >= 15 is 0 Å². The summed E-state index contributed by atoms with van der Waals surface area (Å²) in [7, 11) is 0. The van der Waals surface area contributed by atoms with E-state index in [0.29, 0.717) is 25.7 Å². The lowest BCUT2D eigenvalue weighted by atomic mass is 9.85. The van der Waals surface area contributed by atoms with Crippen molar-refractivity contribution >= 4 is 5.91 Å². The predicted molar refractivity (Wildman–Crippen MR) is 110 cm³/mol. The van der Waals surface area contributed by atoms with E-state index in [1.165, 1.54) is 6.07 Å². The molecule has 0 spiro atoms. The van der Waals surface area contributed by atoms with Crippen molar-refractivity contribution in [2.75, 3.05) is 0 Å². The minimum atomic E-state index is -0.923. The number of aliphatic hydroxyl groups excluding tert-OH is 3. The topological polar surface area (TPSA) is 110 Å². The quantitative estimate of drug-likeness (QED) is 0.173. The highest BCUT2D eigenvalue weighted by Crippen LogP contribution is 2.39. The summed E-state index contributed by atoms with van der Waals surface area (Å²) in [5.41, 5.74) is 1.85. The first kappa shape index (κ1) is 24.3. The van der Waals surface area contributed by atoms with Crippen LogP contribution in [0.2, 0.25) is 0 Å². The van der Waals surface area contributed by atoms with Crippen LogP contribution in [0.25, 0.3) is 0 Å². The van der Waals surface area contributed by atoms with Crippen LogP contribution in [0.5, 0.6) is 0 Å². The molecule has 0 bridgehead atoms. The number of carbonyl (C=O) groups excluding carboxylic acids is 1. The van der Waals surface area contributed by atoms with E-state index in [0.717, 1.165) is 25.7 Å². The van der Waals surface area contributed by atoms with Crippen molar-refractivity contribution in [1.82, 2.24) is 5.48 Å². The zero-order valence-corrected chi connectivity index (χ0v) is 17.1. The minimum absolute atomic E-state index is 0.0348. The standard InChI is InChI=1S/C23H32FNO5/c24-20-9-6-5-7-16(20)11-12-17(26)13-14-19-18(21(27)15-22(19)28)8-3-1-2-4-10-23(29)25-30/h5-7,9,17-19,21-22,26-28,30H,1-4,8,10,13-15H2,(H,25,29)/t17?,18-,19?,21+,22?/m1/s1. The molecule has 1 saturated carbocycles. The number of nitrogens with one attached hydrogen (secondary N) is 1. The smallest absolute Gasteiger partial charge is 0.243 e. The third-order valence-electron chi connectivity index (χ3n) is 5.86. The molecule has 30 heavy (non-hydrogen) atoms. The van der Waals surface area contributed by atoms with Gasteiger partial charge in [0.25, 0.3) is 0 Å². The van der Waals surface area contributed by atoms with Crippen molar-refractivity contribution in [2.24, 2.45) is 11.8 Å². The lowest BCUT2D eigenvalue weighted by Gasteiger charge is -2.24. The van der Waals surface area contributed by atoms with Crippen LogP contribution in [-0.4, -0.2) is 44.7 Å². The SMILES string of the molecule is O=C(CCCCCC[C@@H]1C(CCC(O)C#Cc2ccccc2F)C(O)C[C@@H]1O)NO. The van der Waals surface area contributed by atoms with Gasteiger partial charge in [-0.25, -0.2) is 9.87 Å². The highest BCUT2D eigenvalue weighted by atomic mass is 19.1. The number of benzene rings is 1. The van der Waals surface area contributed by atoms with Crippen LogP contribution in [0.1, 0.15) is 63.4 Å². The van der Waals surface area contributed by atoms with E-state index in [1.54, 1.807) is 23.7 Å².